The lowest BCUT2D eigenvalue weighted by molar-refractivity contribution is -0.132. The molecule has 76 valence electrons. The molecule has 0 unspecified atom stereocenters. The molecule has 4 heteroatoms. The van der Waals surface area contributed by atoms with Crippen LogP contribution in [0.5, 0.6) is 0 Å². The Morgan fingerprint density at radius 1 is 1.40 bits per heavy atom. The third-order valence-electron chi connectivity index (χ3n) is 2.04. The molecular formula is C11H10N2O2. The van der Waals surface area contributed by atoms with Crippen LogP contribution in [0.4, 0.5) is 0 Å². The molecule has 0 bridgehead atoms. The summed E-state index contributed by atoms with van der Waals surface area (Å²) in [5.74, 6) is -0.264. The van der Waals surface area contributed by atoms with Gasteiger partial charge in [0, 0.05) is 17.5 Å². The van der Waals surface area contributed by atoms with Gasteiger partial charge in [0.2, 0.25) is 5.84 Å². The summed E-state index contributed by atoms with van der Waals surface area (Å²) >= 11 is 0. The van der Waals surface area contributed by atoms with Gasteiger partial charge in [0.1, 0.15) is 0 Å². The van der Waals surface area contributed by atoms with Crippen molar-refractivity contribution in [2.75, 3.05) is 7.11 Å². The fourth-order valence-electron chi connectivity index (χ4n) is 1.28. The monoisotopic (exact) mass is 202 g/mol. The highest BCUT2D eigenvalue weighted by Crippen LogP contribution is 2.15. The zero-order valence-electron chi connectivity index (χ0n) is 8.23. The second-order valence-corrected chi connectivity index (χ2v) is 3.00. The van der Waals surface area contributed by atoms with Crippen LogP contribution in [0.25, 0.3) is 0 Å². The molecule has 0 radical (unpaired) electrons. The summed E-state index contributed by atoms with van der Waals surface area (Å²) in [5, 5.41) is 2.91. The average molecular weight is 202 g/mol. The van der Waals surface area contributed by atoms with E-state index in [4.69, 9.17) is 0 Å². The molecule has 1 aliphatic carbocycles. The quantitative estimate of drug-likeness (QED) is 0.647. The lowest BCUT2D eigenvalue weighted by Crippen LogP contribution is -2.33. The van der Waals surface area contributed by atoms with Gasteiger partial charge in [0.15, 0.2) is 0 Å². The number of ether oxygens (including phenoxy) is 1. The first kappa shape index (κ1) is 9.45. The Labute approximate surface area is 87.3 Å². The van der Waals surface area contributed by atoms with Gasteiger partial charge in [-0.25, -0.2) is 9.79 Å². The predicted molar refractivity (Wildman–Crippen MR) is 57.0 cm³/mol. The molecule has 0 aromatic carbocycles. The molecule has 0 amide bonds. The van der Waals surface area contributed by atoms with Gasteiger partial charge < -0.3 is 10.1 Å². The zero-order chi connectivity index (χ0) is 10.7. The van der Waals surface area contributed by atoms with E-state index in [0.29, 0.717) is 0 Å². The number of carbonyl (C=O) groups is 1. The van der Waals surface area contributed by atoms with Crippen LogP contribution in [0.3, 0.4) is 0 Å². The van der Waals surface area contributed by atoms with Crippen LogP contribution in [0.1, 0.15) is 0 Å². The Bertz CT molecular complexity index is 440. The SMILES string of the molecule is COC(=O)C1=NC=C2C=CC=CC=C2N1. The van der Waals surface area contributed by atoms with Crippen molar-refractivity contribution in [3.8, 4) is 0 Å². The molecule has 0 atom stereocenters. The normalized spacial score (nSPS) is 17.8. The number of fused-ring (bicyclic) bond motifs is 1. The Morgan fingerprint density at radius 2 is 2.27 bits per heavy atom. The van der Waals surface area contributed by atoms with E-state index in [0.717, 1.165) is 11.3 Å². The number of hydrogen-bond donors (Lipinski definition) is 1. The third kappa shape index (κ3) is 1.88. The molecule has 15 heavy (non-hydrogen) atoms. The smallest absolute Gasteiger partial charge is 0.374 e. The number of aliphatic imine (C=N–C) groups is 1. The Kier molecular flexibility index (Phi) is 2.49. The van der Waals surface area contributed by atoms with Gasteiger partial charge in [0.25, 0.3) is 0 Å². The van der Waals surface area contributed by atoms with Crippen LogP contribution in [0, 0.1) is 0 Å². The van der Waals surface area contributed by atoms with Crippen LogP contribution in [0.2, 0.25) is 0 Å². The summed E-state index contributed by atoms with van der Waals surface area (Å²) in [4.78, 5) is 15.2. The van der Waals surface area contributed by atoms with Crippen LogP contribution >= 0.6 is 0 Å². The molecule has 0 fully saturated rings. The van der Waals surface area contributed by atoms with E-state index < -0.39 is 5.97 Å². The Hall–Kier alpha value is -2.10. The molecule has 1 N–H and O–H groups in total. The second-order valence-electron chi connectivity index (χ2n) is 3.00. The summed E-state index contributed by atoms with van der Waals surface area (Å²) in [6, 6.07) is 0. The van der Waals surface area contributed by atoms with E-state index in [-0.39, 0.29) is 5.84 Å². The highest BCUT2D eigenvalue weighted by atomic mass is 16.5. The largest absolute Gasteiger partial charge is 0.463 e. The van der Waals surface area contributed by atoms with Gasteiger partial charge in [-0.3, -0.25) is 0 Å². The van der Waals surface area contributed by atoms with E-state index >= 15 is 0 Å². The van der Waals surface area contributed by atoms with Crippen molar-refractivity contribution in [2.24, 2.45) is 4.99 Å². The number of esters is 1. The van der Waals surface area contributed by atoms with Crippen molar-refractivity contribution in [1.82, 2.24) is 5.32 Å². The first-order chi connectivity index (χ1) is 7.31. The molecule has 2 rings (SSSR count). The van der Waals surface area contributed by atoms with Gasteiger partial charge >= 0.3 is 5.97 Å². The van der Waals surface area contributed by atoms with E-state index in [1.165, 1.54) is 7.11 Å². The van der Waals surface area contributed by atoms with E-state index in [1.54, 1.807) is 6.20 Å². The van der Waals surface area contributed by atoms with Crippen molar-refractivity contribution < 1.29 is 9.53 Å². The maximum absolute atomic E-state index is 11.2. The van der Waals surface area contributed by atoms with Crippen LogP contribution in [-0.4, -0.2) is 18.9 Å². The highest BCUT2D eigenvalue weighted by Gasteiger charge is 2.17. The van der Waals surface area contributed by atoms with Gasteiger partial charge in [-0.05, 0) is 6.08 Å². The minimum absolute atomic E-state index is 0.205. The lowest BCUT2D eigenvalue weighted by atomic mass is 10.1. The standard InChI is InChI=1S/C11H10N2O2/c1-15-11(14)10-12-7-8-5-3-2-4-6-9(8)13-10/h2-7H,1H3,(H,12,13). The van der Waals surface area contributed by atoms with Crippen LogP contribution in [-0.2, 0) is 9.53 Å². The number of carbonyl (C=O) groups excluding carboxylic acids is 1. The van der Waals surface area contributed by atoms with Crippen LogP contribution in [0.15, 0.2) is 52.8 Å². The molecule has 0 aromatic heterocycles. The average Bonchev–Trinajstić information content (AvgIpc) is 2.51. The topological polar surface area (TPSA) is 50.7 Å². The van der Waals surface area contributed by atoms with E-state index in [9.17, 15) is 4.79 Å². The maximum Gasteiger partial charge on any atom is 0.374 e. The number of methoxy groups -OCH3 is 1. The number of allylic oxidation sites excluding steroid dienone is 5. The molecule has 4 nitrogen and oxygen atoms in total. The summed E-state index contributed by atoms with van der Waals surface area (Å²) in [6.07, 6.45) is 11.1. The van der Waals surface area contributed by atoms with Crippen molar-refractivity contribution >= 4 is 11.8 Å². The van der Waals surface area contributed by atoms with Crippen molar-refractivity contribution in [3.05, 3.63) is 47.9 Å². The van der Waals surface area contributed by atoms with Gasteiger partial charge in [-0.2, -0.15) is 0 Å². The molecule has 1 aliphatic heterocycles. The second kappa shape index (κ2) is 3.96. The van der Waals surface area contributed by atoms with E-state index in [2.05, 4.69) is 15.0 Å². The third-order valence-corrected chi connectivity index (χ3v) is 2.04. The summed E-state index contributed by atoms with van der Waals surface area (Å²) in [6.45, 7) is 0. The van der Waals surface area contributed by atoms with E-state index in [1.807, 2.05) is 30.4 Å². The van der Waals surface area contributed by atoms with Gasteiger partial charge in [-0.1, -0.05) is 24.3 Å². The van der Waals surface area contributed by atoms with Crippen molar-refractivity contribution in [1.29, 1.82) is 0 Å². The number of nitrogens with one attached hydrogen (secondary N) is 1. The van der Waals surface area contributed by atoms with Crippen molar-refractivity contribution in [3.63, 3.8) is 0 Å². The lowest BCUT2D eigenvalue weighted by Gasteiger charge is -2.15. The fraction of sp³-hybridized carbons (Fsp3) is 0.0909. The Morgan fingerprint density at radius 3 is 3.07 bits per heavy atom. The molecule has 2 aliphatic rings. The molecule has 0 aromatic rings. The highest BCUT2D eigenvalue weighted by molar-refractivity contribution is 6.36. The maximum atomic E-state index is 11.2. The fourth-order valence-corrected chi connectivity index (χ4v) is 1.28. The van der Waals surface area contributed by atoms with Crippen LogP contribution < -0.4 is 5.32 Å². The number of rotatable bonds is 1. The number of amidine groups is 1. The molecule has 0 saturated heterocycles. The molecule has 1 heterocycles. The first-order valence-corrected chi connectivity index (χ1v) is 4.50. The molecule has 0 saturated carbocycles. The zero-order valence-corrected chi connectivity index (χ0v) is 8.23. The number of nitrogens with zero attached hydrogens (tertiary/aromatic N) is 1. The van der Waals surface area contributed by atoms with Crippen molar-refractivity contribution in [2.45, 2.75) is 0 Å². The summed E-state index contributed by atoms with van der Waals surface area (Å²) in [5.41, 5.74) is 1.78. The van der Waals surface area contributed by atoms with Gasteiger partial charge in [-0.15, -0.1) is 0 Å². The first-order valence-electron chi connectivity index (χ1n) is 4.50. The molecule has 0 spiro atoms. The molecular weight excluding hydrogens is 192 g/mol. The Balaban J connectivity index is 2.32. The predicted octanol–water partition coefficient (Wildman–Crippen LogP) is 1.05. The van der Waals surface area contributed by atoms with Gasteiger partial charge in [0.05, 0.1) is 7.11 Å². The minimum atomic E-state index is -0.469. The minimum Gasteiger partial charge on any atom is -0.463 e. The summed E-state index contributed by atoms with van der Waals surface area (Å²) in [7, 11) is 1.33. The summed E-state index contributed by atoms with van der Waals surface area (Å²) < 4.78 is 4.58. The number of hydrogen-bond acceptors (Lipinski definition) is 4.